The SMILES string of the molecule is CC(=O)c1ccc(-c2ccc(Br)n2C)s1. The Kier molecular flexibility index (Phi) is 2.80. The minimum Gasteiger partial charge on any atom is -0.338 e. The second-order valence-electron chi connectivity index (χ2n) is 3.32. The van der Waals surface area contributed by atoms with Crippen LogP contribution in [0.15, 0.2) is 28.9 Å². The summed E-state index contributed by atoms with van der Waals surface area (Å²) in [6.07, 6.45) is 0. The van der Waals surface area contributed by atoms with Crippen LogP contribution in [0.2, 0.25) is 0 Å². The van der Waals surface area contributed by atoms with Crippen LogP contribution in [0.1, 0.15) is 16.6 Å². The second-order valence-corrected chi connectivity index (χ2v) is 5.22. The molecule has 2 aromatic heterocycles. The third-order valence-corrected chi connectivity index (χ3v) is 4.27. The fraction of sp³-hybridized carbons (Fsp3) is 0.182. The average molecular weight is 284 g/mol. The first-order chi connectivity index (χ1) is 7.09. The van der Waals surface area contributed by atoms with Gasteiger partial charge in [0.2, 0.25) is 0 Å². The summed E-state index contributed by atoms with van der Waals surface area (Å²) < 4.78 is 3.09. The van der Waals surface area contributed by atoms with Gasteiger partial charge in [-0.3, -0.25) is 4.79 Å². The summed E-state index contributed by atoms with van der Waals surface area (Å²) >= 11 is 4.98. The largest absolute Gasteiger partial charge is 0.338 e. The maximum Gasteiger partial charge on any atom is 0.169 e. The lowest BCUT2D eigenvalue weighted by Crippen LogP contribution is -1.89. The van der Waals surface area contributed by atoms with Gasteiger partial charge in [-0.2, -0.15) is 0 Å². The molecule has 0 N–H and O–H groups in total. The fourth-order valence-electron chi connectivity index (χ4n) is 1.40. The van der Waals surface area contributed by atoms with Crippen molar-refractivity contribution in [3.05, 3.63) is 33.7 Å². The molecular weight excluding hydrogens is 274 g/mol. The Bertz CT molecular complexity index is 512. The lowest BCUT2D eigenvalue weighted by atomic mass is 10.3. The molecule has 0 amide bonds. The van der Waals surface area contributed by atoms with E-state index < -0.39 is 0 Å². The van der Waals surface area contributed by atoms with E-state index in [9.17, 15) is 4.79 Å². The number of rotatable bonds is 2. The van der Waals surface area contributed by atoms with Crippen LogP contribution < -0.4 is 0 Å². The highest BCUT2D eigenvalue weighted by atomic mass is 79.9. The molecule has 2 heterocycles. The van der Waals surface area contributed by atoms with Gasteiger partial charge in [-0.15, -0.1) is 11.3 Å². The summed E-state index contributed by atoms with van der Waals surface area (Å²) in [5.41, 5.74) is 1.12. The van der Waals surface area contributed by atoms with Crippen molar-refractivity contribution in [1.29, 1.82) is 0 Å². The minimum absolute atomic E-state index is 0.125. The molecule has 2 rings (SSSR count). The van der Waals surface area contributed by atoms with E-state index >= 15 is 0 Å². The van der Waals surface area contributed by atoms with Crippen LogP contribution in [0.5, 0.6) is 0 Å². The second kappa shape index (κ2) is 3.94. The lowest BCUT2D eigenvalue weighted by Gasteiger charge is -2.00. The van der Waals surface area contributed by atoms with Crippen LogP contribution in [0, 0.1) is 0 Å². The van der Waals surface area contributed by atoms with Gasteiger partial charge in [0.15, 0.2) is 5.78 Å². The molecule has 78 valence electrons. The van der Waals surface area contributed by atoms with Crippen LogP contribution in [0.3, 0.4) is 0 Å². The molecule has 0 saturated heterocycles. The predicted octanol–water partition coefficient (Wildman–Crippen LogP) is 3.72. The third-order valence-electron chi connectivity index (χ3n) is 2.27. The van der Waals surface area contributed by atoms with E-state index in [0.29, 0.717) is 0 Å². The predicted molar refractivity (Wildman–Crippen MR) is 66.4 cm³/mol. The lowest BCUT2D eigenvalue weighted by molar-refractivity contribution is 0.102. The molecule has 0 aliphatic rings. The van der Waals surface area contributed by atoms with Crippen molar-refractivity contribution in [2.24, 2.45) is 7.05 Å². The molecular formula is C11H10BrNOS. The zero-order valence-electron chi connectivity index (χ0n) is 8.45. The number of Topliss-reactive ketones (excluding diaryl/α,β-unsaturated/α-hetero) is 1. The van der Waals surface area contributed by atoms with Crippen molar-refractivity contribution in [3.8, 4) is 10.6 Å². The summed E-state index contributed by atoms with van der Waals surface area (Å²) in [6.45, 7) is 1.59. The van der Waals surface area contributed by atoms with Crippen molar-refractivity contribution in [1.82, 2.24) is 4.57 Å². The molecule has 4 heteroatoms. The number of carbonyl (C=O) groups is 1. The van der Waals surface area contributed by atoms with Crippen molar-refractivity contribution < 1.29 is 4.79 Å². The maximum atomic E-state index is 11.2. The fourth-order valence-corrected chi connectivity index (χ4v) is 2.68. The summed E-state index contributed by atoms with van der Waals surface area (Å²) in [5.74, 6) is 0.125. The first kappa shape index (κ1) is 10.6. The number of ketones is 1. The molecule has 0 bridgehead atoms. The quantitative estimate of drug-likeness (QED) is 0.770. The normalized spacial score (nSPS) is 10.6. The van der Waals surface area contributed by atoms with Gasteiger partial charge in [0.25, 0.3) is 0 Å². The molecule has 2 nitrogen and oxygen atoms in total. The Morgan fingerprint density at radius 2 is 2.07 bits per heavy atom. The van der Waals surface area contributed by atoms with E-state index in [1.54, 1.807) is 6.92 Å². The molecule has 0 aromatic carbocycles. The van der Waals surface area contributed by atoms with Gasteiger partial charge in [0.05, 0.1) is 20.1 Å². The van der Waals surface area contributed by atoms with Crippen molar-refractivity contribution in [2.75, 3.05) is 0 Å². The summed E-state index contributed by atoms with van der Waals surface area (Å²) in [5, 5.41) is 0. The molecule has 0 saturated carbocycles. The standard InChI is InChI=1S/C11H10BrNOS/c1-7(14)9-4-5-10(15-9)8-3-6-11(12)13(8)2/h3-6H,1-2H3. The Morgan fingerprint density at radius 3 is 2.53 bits per heavy atom. The highest BCUT2D eigenvalue weighted by molar-refractivity contribution is 9.10. The molecule has 0 aliphatic heterocycles. The van der Waals surface area contributed by atoms with Crippen LogP contribution in [0.25, 0.3) is 10.6 Å². The van der Waals surface area contributed by atoms with Gasteiger partial charge in [-0.25, -0.2) is 0 Å². The zero-order chi connectivity index (χ0) is 11.0. The smallest absolute Gasteiger partial charge is 0.169 e. The van der Waals surface area contributed by atoms with Gasteiger partial charge >= 0.3 is 0 Å². The van der Waals surface area contributed by atoms with E-state index in [0.717, 1.165) is 20.1 Å². The van der Waals surface area contributed by atoms with Crippen LogP contribution in [-0.2, 0) is 7.05 Å². The highest BCUT2D eigenvalue weighted by Crippen LogP contribution is 2.30. The number of hydrogen-bond acceptors (Lipinski definition) is 2. The van der Waals surface area contributed by atoms with Crippen molar-refractivity contribution in [2.45, 2.75) is 6.92 Å². The number of halogens is 1. The van der Waals surface area contributed by atoms with E-state index in [2.05, 4.69) is 20.5 Å². The van der Waals surface area contributed by atoms with E-state index in [1.807, 2.05) is 31.3 Å². The van der Waals surface area contributed by atoms with Crippen LogP contribution >= 0.6 is 27.3 Å². The highest BCUT2D eigenvalue weighted by Gasteiger charge is 2.09. The van der Waals surface area contributed by atoms with Gasteiger partial charge in [-0.1, -0.05) is 0 Å². The minimum atomic E-state index is 0.125. The Morgan fingerprint density at radius 1 is 1.33 bits per heavy atom. The molecule has 0 atom stereocenters. The topological polar surface area (TPSA) is 22.0 Å². The number of carbonyl (C=O) groups excluding carboxylic acids is 1. The zero-order valence-corrected chi connectivity index (χ0v) is 10.9. The summed E-state index contributed by atoms with van der Waals surface area (Å²) in [6, 6.07) is 7.91. The first-order valence-electron chi connectivity index (χ1n) is 4.52. The first-order valence-corrected chi connectivity index (χ1v) is 6.13. The van der Waals surface area contributed by atoms with Crippen LogP contribution in [0.4, 0.5) is 0 Å². The molecule has 0 radical (unpaired) electrons. The van der Waals surface area contributed by atoms with E-state index in [1.165, 1.54) is 11.3 Å². The van der Waals surface area contributed by atoms with E-state index in [4.69, 9.17) is 0 Å². The Hall–Kier alpha value is -0.870. The number of aromatic nitrogens is 1. The Balaban J connectivity index is 2.46. The van der Waals surface area contributed by atoms with Gasteiger partial charge in [-0.05, 0) is 47.1 Å². The van der Waals surface area contributed by atoms with Gasteiger partial charge in [0, 0.05) is 7.05 Å². The number of thiophene rings is 1. The van der Waals surface area contributed by atoms with Crippen molar-refractivity contribution in [3.63, 3.8) is 0 Å². The maximum absolute atomic E-state index is 11.2. The van der Waals surface area contributed by atoms with Gasteiger partial charge < -0.3 is 4.57 Å². The number of nitrogens with zero attached hydrogens (tertiary/aromatic N) is 1. The third kappa shape index (κ3) is 1.92. The molecule has 0 fully saturated rings. The molecule has 0 spiro atoms. The molecule has 0 unspecified atom stereocenters. The number of hydrogen-bond donors (Lipinski definition) is 0. The van der Waals surface area contributed by atoms with Crippen LogP contribution in [-0.4, -0.2) is 10.4 Å². The van der Waals surface area contributed by atoms with E-state index in [-0.39, 0.29) is 5.78 Å². The average Bonchev–Trinajstić information content (AvgIpc) is 2.76. The Labute approximate surface area is 101 Å². The molecule has 0 aliphatic carbocycles. The summed E-state index contributed by atoms with van der Waals surface area (Å²) in [4.78, 5) is 13.1. The van der Waals surface area contributed by atoms with Gasteiger partial charge in [0.1, 0.15) is 0 Å². The monoisotopic (exact) mass is 283 g/mol. The summed E-state index contributed by atoms with van der Waals surface area (Å²) in [7, 11) is 1.99. The molecule has 15 heavy (non-hydrogen) atoms. The molecule has 2 aromatic rings. The van der Waals surface area contributed by atoms with Crippen molar-refractivity contribution >= 4 is 33.0 Å².